The maximum atomic E-state index is 12.4. The zero-order valence-electron chi connectivity index (χ0n) is 13.4. The van der Waals surface area contributed by atoms with E-state index < -0.39 is 0 Å². The minimum absolute atomic E-state index is 0.335. The molecule has 2 fully saturated rings. The Balaban J connectivity index is 1.41. The van der Waals surface area contributed by atoms with Gasteiger partial charge >= 0.3 is 0 Å². The highest BCUT2D eigenvalue weighted by Crippen LogP contribution is 2.18. The van der Waals surface area contributed by atoms with Gasteiger partial charge in [0.1, 0.15) is 0 Å². The van der Waals surface area contributed by atoms with Gasteiger partial charge in [-0.3, -0.25) is 9.69 Å². The molecule has 2 aliphatic rings. The summed E-state index contributed by atoms with van der Waals surface area (Å²) in [4.78, 5) is 16.8. The van der Waals surface area contributed by atoms with E-state index in [1.54, 1.807) is 0 Å². The van der Waals surface area contributed by atoms with Crippen molar-refractivity contribution < 1.29 is 9.32 Å². The highest BCUT2D eigenvalue weighted by molar-refractivity contribution is 5.76. The van der Waals surface area contributed by atoms with Gasteiger partial charge in [-0.2, -0.15) is 0 Å². The van der Waals surface area contributed by atoms with Crippen molar-refractivity contribution in [2.45, 2.75) is 32.7 Å². The first kappa shape index (κ1) is 15.5. The van der Waals surface area contributed by atoms with Crippen molar-refractivity contribution in [3.8, 4) is 0 Å². The molecule has 2 saturated heterocycles. The number of piperidine rings is 1. The molecule has 0 aliphatic carbocycles. The summed E-state index contributed by atoms with van der Waals surface area (Å²) in [6.45, 7) is 8.33. The fraction of sp³-hybridized carbons (Fsp3) is 0.750. The van der Waals surface area contributed by atoms with Crippen molar-refractivity contribution in [1.29, 1.82) is 0 Å². The summed E-state index contributed by atoms with van der Waals surface area (Å²) in [5, 5.41) is 7.27. The van der Waals surface area contributed by atoms with Crippen LogP contribution in [0.25, 0.3) is 0 Å². The molecule has 0 aromatic carbocycles. The molecule has 3 rings (SSSR count). The summed E-state index contributed by atoms with van der Waals surface area (Å²) in [6.07, 6.45) is 3.00. The van der Waals surface area contributed by atoms with E-state index in [9.17, 15) is 4.79 Å². The second kappa shape index (κ2) is 7.24. The van der Waals surface area contributed by atoms with E-state index in [1.165, 1.54) is 0 Å². The third kappa shape index (κ3) is 4.08. The van der Waals surface area contributed by atoms with Crippen LogP contribution < -0.4 is 5.32 Å². The van der Waals surface area contributed by atoms with Gasteiger partial charge in [0.25, 0.3) is 0 Å². The predicted molar refractivity (Wildman–Crippen MR) is 83.3 cm³/mol. The monoisotopic (exact) mass is 306 g/mol. The zero-order chi connectivity index (χ0) is 15.4. The van der Waals surface area contributed by atoms with E-state index in [4.69, 9.17) is 4.52 Å². The van der Waals surface area contributed by atoms with E-state index in [2.05, 4.69) is 15.4 Å². The zero-order valence-corrected chi connectivity index (χ0v) is 13.4. The van der Waals surface area contributed by atoms with Gasteiger partial charge in [-0.1, -0.05) is 5.16 Å². The molecule has 6 nitrogen and oxygen atoms in total. The first-order valence-electron chi connectivity index (χ1n) is 8.34. The molecule has 1 aromatic rings. The molecule has 0 spiro atoms. The van der Waals surface area contributed by atoms with Crippen molar-refractivity contribution in [3.63, 3.8) is 0 Å². The van der Waals surface area contributed by atoms with Crippen molar-refractivity contribution in [1.82, 2.24) is 20.3 Å². The molecule has 2 aliphatic heterocycles. The summed E-state index contributed by atoms with van der Waals surface area (Å²) in [7, 11) is 0. The number of hydrogen-bond acceptors (Lipinski definition) is 5. The fourth-order valence-corrected chi connectivity index (χ4v) is 3.33. The van der Waals surface area contributed by atoms with Gasteiger partial charge in [0.2, 0.25) is 5.91 Å². The Morgan fingerprint density at radius 2 is 2.05 bits per heavy atom. The molecule has 6 heteroatoms. The van der Waals surface area contributed by atoms with Crippen LogP contribution in [0.5, 0.6) is 0 Å². The smallest absolute Gasteiger partial charge is 0.222 e. The molecule has 0 unspecified atom stereocenters. The van der Waals surface area contributed by atoms with Crippen LogP contribution in [0.3, 0.4) is 0 Å². The van der Waals surface area contributed by atoms with Crippen molar-refractivity contribution in [2.75, 3.05) is 39.3 Å². The topological polar surface area (TPSA) is 61.6 Å². The number of nitrogens with one attached hydrogen (secondary N) is 1. The predicted octanol–water partition coefficient (Wildman–Crippen LogP) is 1.02. The minimum atomic E-state index is 0.335. The lowest BCUT2D eigenvalue weighted by Crippen LogP contribution is -2.48. The van der Waals surface area contributed by atoms with Crippen LogP contribution in [0.4, 0.5) is 0 Å². The molecule has 1 amide bonds. The van der Waals surface area contributed by atoms with Crippen LogP contribution >= 0.6 is 0 Å². The van der Waals surface area contributed by atoms with Crippen molar-refractivity contribution in [3.05, 3.63) is 17.5 Å². The average molecular weight is 306 g/mol. The molecule has 1 N–H and O–H groups in total. The summed E-state index contributed by atoms with van der Waals surface area (Å²) in [6, 6.07) is 1.98. The average Bonchev–Trinajstić information content (AvgIpc) is 2.94. The molecule has 1 aromatic heterocycles. The highest BCUT2D eigenvalue weighted by Gasteiger charge is 2.24. The van der Waals surface area contributed by atoms with E-state index in [0.29, 0.717) is 11.8 Å². The second-order valence-electron chi connectivity index (χ2n) is 6.49. The molecule has 3 heterocycles. The molecule has 0 radical (unpaired) electrons. The Bertz CT molecular complexity index is 488. The maximum absolute atomic E-state index is 12.4. The van der Waals surface area contributed by atoms with Crippen LogP contribution in [-0.4, -0.2) is 60.1 Å². The van der Waals surface area contributed by atoms with Gasteiger partial charge in [-0.05, 0) is 38.8 Å². The minimum Gasteiger partial charge on any atom is -0.360 e. The highest BCUT2D eigenvalue weighted by atomic mass is 16.5. The number of nitrogens with zero attached hydrogens (tertiary/aromatic N) is 3. The number of rotatable bonds is 4. The number of aromatic nitrogens is 1. The quantitative estimate of drug-likeness (QED) is 0.900. The summed E-state index contributed by atoms with van der Waals surface area (Å²) in [5.41, 5.74) is 0.922. The Labute approximate surface area is 131 Å². The van der Waals surface area contributed by atoms with Gasteiger partial charge in [0.05, 0.1) is 12.2 Å². The first-order valence-corrected chi connectivity index (χ1v) is 8.34. The summed E-state index contributed by atoms with van der Waals surface area (Å²) >= 11 is 0. The van der Waals surface area contributed by atoms with Crippen molar-refractivity contribution >= 4 is 5.91 Å². The second-order valence-corrected chi connectivity index (χ2v) is 6.49. The third-order valence-corrected chi connectivity index (χ3v) is 4.70. The Morgan fingerprint density at radius 1 is 1.32 bits per heavy atom. The number of carbonyl (C=O) groups is 1. The fourth-order valence-electron chi connectivity index (χ4n) is 3.33. The Hall–Kier alpha value is -1.40. The first-order chi connectivity index (χ1) is 10.7. The third-order valence-electron chi connectivity index (χ3n) is 4.70. The van der Waals surface area contributed by atoms with Gasteiger partial charge in [-0.15, -0.1) is 0 Å². The summed E-state index contributed by atoms with van der Waals surface area (Å²) in [5.74, 6) is 1.82. The van der Waals surface area contributed by atoms with E-state index in [-0.39, 0.29) is 0 Å². The van der Waals surface area contributed by atoms with Crippen LogP contribution in [0.2, 0.25) is 0 Å². The number of hydrogen-bond donors (Lipinski definition) is 1. The van der Waals surface area contributed by atoms with Crippen molar-refractivity contribution in [2.24, 2.45) is 5.92 Å². The van der Waals surface area contributed by atoms with E-state index >= 15 is 0 Å². The SMILES string of the molecule is Cc1cc(CN2CCN(C(=O)CC3CCNCC3)CC2)on1. The van der Waals surface area contributed by atoms with Gasteiger partial charge in [-0.25, -0.2) is 0 Å². The van der Waals surface area contributed by atoms with E-state index in [0.717, 1.165) is 76.5 Å². The molecular weight excluding hydrogens is 280 g/mol. The van der Waals surface area contributed by atoms with Gasteiger partial charge in [0.15, 0.2) is 5.76 Å². The molecule has 122 valence electrons. The molecule has 22 heavy (non-hydrogen) atoms. The molecule has 0 saturated carbocycles. The van der Waals surface area contributed by atoms with Gasteiger partial charge < -0.3 is 14.7 Å². The summed E-state index contributed by atoms with van der Waals surface area (Å²) < 4.78 is 5.26. The molecular formula is C16H26N4O2. The maximum Gasteiger partial charge on any atom is 0.222 e. The van der Waals surface area contributed by atoms with Crippen LogP contribution in [0, 0.1) is 12.8 Å². The van der Waals surface area contributed by atoms with Crippen LogP contribution in [-0.2, 0) is 11.3 Å². The van der Waals surface area contributed by atoms with E-state index in [1.807, 2.05) is 17.9 Å². The lowest BCUT2D eigenvalue weighted by Gasteiger charge is -2.35. The Kier molecular flexibility index (Phi) is 5.10. The standard InChI is InChI=1S/C16H26N4O2/c1-13-10-15(22-18-13)12-19-6-8-20(9-7-19)16(21)11-14-2-4-17-5-3-14/h10,14,17H,2-9,11-12H2,1H3. The number of carbonyl (C=O) groups excluding carboxylic acids is 1. The van der Waals surface area contributed by atoms with Crippen LogP contribution in [0.1, 0.15) is 30.7 Å². The number of piperazine rings is 1. The molecule has 0 atom stereocenters. The largest absolute Gasteiger partial charge is 0.360 e. The lowest BCUT2D eigenvalue weighted by molar-refractivity contribution is -0.134. The number of aryl methyl sites for hydroxylation is 1. The Morgan fingerprint density at radius 3 is 2.68 bits per heavy atom. The normalized spacial score (nSPS) is 21.2. The van der Waals surface area contributed by atoms with Gasteiger partial charge in [0, 0.05) is 38.7 Å². The van der Waals surface area contributed by atoms with Crippen LogP contribution in [0.15, 0.2) is 10.6 Å². The number of amides is 1. The lowest BCUT2D eigenvalue weighted by atomic mass is 9.94. The molecule has 0 bridgehead atoms.